The molecule has 0 fully saturated rings. The summed E-state index contributed by atoms with van der Waals surface area (Å²) in [5.41, 5.74) is 0.838. The normalized spacial score (nSPS) is 10.9. The molecule has 1 rings (SSSR count). The van der Waals surface area contributed by atoms with Gasteiger partial charge in [-0.1, -0.05) is 5.22 Å². The first kappa shape index (κ1) is 14.7. The lowest BCUT2D eigenvalue weighted by atomic mass is 10.3. The van der Waals surface area contributed by atoms with E-state index in [4.69, 9.17) is 4.74 Å². The van der Waals surface area contributed by atoms with Crippen molar-refractivity contribution in [3.05, 3.63) is 20.2 Å². The molecule has 0 spiro atoms. The molecule has 0 amide bonds. The molecule has 0 unspecified atom stereocenters. The highest BCUT2D eigenvalue weighted by Gasteiger charge is 2.06. The van der Waals surface area contributed by atoms with Crippen LogP contribution in [0, 0.1) is 3.57 Å². The van der Waals surface area contributed by atoms with Gasteiger partial charge in [0.1, 0.15) is 11.4 Å². The fourth-order valence-corrected chi connectivity index (χ4v) is 2.25. The van der Waals surface area contributed by atoms with Crippen molar-refractivity contribution >= 4 is 44.2 Å². The number of methoxy groups -OCH3 is 1. The summed E-state index contributed by atoms with van der Waals surface area (Å²) in [6, 6.07) is 3.84. The van der Waals surface area contributed by atoms with Gasteiger partial charge in [-0.3, -0.25) is 5.01 Å². The molecule has 1 aromatic rings. The van der Waals surface area contributed by atoms with Crippen LogP contribution >= 0.6 is 38.5 Å². The van der Waals surface area contributed by atoms with Crippen LogP contribution in [0.3, 0.4) is 0 Å². The van der Waals surface area contributed by atoms with Crippen molar-refractivity contribution in [2.75, 3.05) is 20.2 Å². The zero-order valence-electron chi connectivity index (χ0n) is 10.1. The summed E-state index contributed by atoms with van der Waals surface area (Å²) in [5.74, 6) is 0.802. The van der Waals surface area contributed by atoms with Crippen LogP contribution < -0.4 is 4.74 Å². The molecule has 0 N–H and O–H groups in total. The van der Waals surface area contributed by atoms with Crippen LogP contribution in [-0.2, 0) is 0 Å². The minimum Gasteiger partial charge on any atom is -0.496 e. The Balaban J connectivity index is 2.95. The first-order valence-electron chi connectivity index (χ1n) is 5.32. The fraction of sp³-hybridized carbons (Fsp3) is 0.455. The summed E-state index contributed by atoms with van der Waals surface area (Å²) >= 11 is 5.66. The quantitative estimate of drug-likeness (QED) is 0.409. The standard InChI is InChI=1S/C11H15BrIN3O/c1-4-16(5-2)15-14-10-6-8(12)11(17-3)7-9(10)13/h6-7H,4-5H2,1-3H3/b15-14+. The maximum absolute atomic E-state index is 5.21. The Hall–Kier alpha value is -0.370. The van der Waals surface area contributed by atoms with Crippen LogP contribution in [0.15, 0.2) is 26.9 Å². The molecular formula is C11H15BrIN3O. The zero-order chi connectivity index (χ0) is 12.8. The van der Waals surface area contributed by atoms with Gasteiger partial charge in [0.15, 0.2) is 0 Å². The van der Waals surface area contributed by atoms with Crippen LogP contribution in [0.2, 0.25) is 0 Å². The maximum atomic E-state index is 5.21. The molecule has 0 atom stereocenters. The van der Waals surface area contributed by atoms with Gasteiger partial charge in [-0.15, -0.1) is 5.11 Å². The second-order valence-corrected chi connectivity index (χ2v) is 5.28. The lowest BCUT2D eigenvalue weighted by Gasteiger charge is -2.12. The molecule has 0 saturated heterocycles. The van der Waals surface area contributed by atoms with Gasteiger partial charge in [0, 0.05) is 16.7 Å². The molecule has 4 nitrogen and oxygen atoms in total. The molecule has 0 aromatic heterocycles. The predicted octanol–water partition coefficient (Wildman–Crippen LogP) is 4.40. The van der Waals surface area contributed by atoms with Gasteiger partial charge in [-0.05, 0) is 64.5 Å². The molecular weight excluding hydrogens is 397 g/mol. The van der Waals surface area contributed by atoms with Crippen molar-refractivity contribution in [2.45, 2.75) is 13.8 Å². The average Bonchev–Trinajstić information content (AvgIpc) is 2.34. The van der Waals surface area contributed by atoms with E-state index in [9.17, 15) is 0 Å². The monoisotopic (exact) mass is 411 g/mol. The molecule has 0 aliphatic carbocycles. The van der Waals surface area contributed by atoms with E-state index in [2.05, 4.69) is 62.7 Å². The number of nitrogens with zero attached hydrogens (tertiary/aromatic N) is 3. The van der Waals surface area contributed by atoms with Crippen LogP contribution in [0.4, 0.5) is 5.69 Å². The second-order valence-electron chi connectivity index (χ2n) is 3.27. The number of rotatable bonds is 5. The van der Waals surface area contributed by atoms with E-state index < -0.39 is 0 Å². The Bertz CT molecular complexity index is 408. The van der Waals surface area contributed by atoms with Crippen LogP contribution in [0.25, 0.3) is 0 Å². The van der Waals surface area contributed by atoms with E-state index in [1.54, 1.807) is 7.11 Å². The Morgan fingerprint density at radius 1 is 1.35 bits per heavy atom. The SMILES string of the molecule is CCN(CC)/N=N/c1cc(Br)c(OC)cc1I. The van der Waals surface area contributed by atoms with Gasteiger partial charge in [0.05, 0.1) is 11.6 Å². The first-order chi connectivity index (χ1) is 8.12. The van der Waals surface area contributed by atoms with Gasteiger partial charge in [-0.2, -0.15) is 0 Å². The predicted molar refractivity (Wildman–Crippen MR) is 80.8 cm³/mol. The summed E-state index contributed by atoms with van der Waals surface area (Å²) < 4.78 is 7.11. The van der Waals surface area contributed by atoms with Gasteiger partial charge in [-0.25, -0.2) is 0 Å². The van der Waals surface area contributed by atoms with Crippen molar-refractivity contribution in [1.82, 2.24) is 5.01 Å². The Labute approximate surface area is 124 Å². The highest BCUT2D eigenvalue weighted by Crippen LogP contribution is 2.33. The third-order valence-corrected chi connectivity index (χ3v) is 3.71. The number of benzene rings is 1. The van der Waals surface area contributed by atoms with E-state index in [0.717, 1.165) is 32.6 Å². The van der Waals surface area contributed by atoms with Crippen LogP contribution in [-0.4, -0.2) is 25.2 Å². The average molecular weight is 412 g/mol. The van der Waals surface area contributed by atoms with E-state index in [1.807, 2.05) is 17.1 Å². The molecule has 0 radical (unpaired) electrons. The topological polar surface area (TPSA) is 37.2 Å². The molecule has 94 valence electrons. The number of hydrogen-bond donors (Lipinski definition) is 0. The minimum absolute atomic E-state index is 0.802. The highest BCUT2D eigenvalue weighted by atomic mass is 127. The summed E-state index contributed by atoms with van der Waals surface area (Å²) in [4.78, 5) is 0. The largest absolute Gasteiger partial charge is 0.496 e. The van der Waals surface area contributed by atoms with Crippen molar-refractivity contribution in [3.8, 4) is 5.75 Å². The molecule has 0 bridgehead atoms. The van der Waals surface area contributed by atoms with Crippen LogP contribution in [0.1, 0.15) is 13.8 Å². The maximum Gasteiger partial charge on any atom is 0.134 e. The molecule has 1 aromatic carbocycles. The van der Waals surface area contributed by atoms with Crippen molar-refractivity contribution < 1.29 is 4.74 Å². The van der Waals surface area contributed by atoms with E-state index in [1.165, 1.54) is 0 Å². The molecule has 0 aliphatic heterocycles. The Morgan fingerprint density at radius 3 is 2.53 bits per heavy atom. The van der Waals surface area contributed by atoms with E-state index in [0.29, 0.717) is 0 Å². The van der Waals surface area contributed by atoms with E-state index >= 15 is 0 Å². The summed E-state index contributed by atoms with van der Waals surface area (Å²) in [5, 5.41) is 10.3. The number of halogens is 2. The first-order valence-corrected chi connectivity index (χ1v) is 7.19. The smallest absolute Gasteiger partial charge is 0.134 e. The summed E-state index contributed by atoms with van der Waals surface area (Å²) in [7, 11) is 1.65. The molecule has 0 aliphatic rings. The third kappa shape index (κ3) is 4.09. The Kier molecular flexibility index (Phi) is 6.18. The van der Waals surface area contributed by atoms with Crippen molar-refractivity contribution in [2.24, 2.45) is 10.3 Å². The number of hydrogen-bond acceptors (Lipinski definition) is 3. The summed E-state index contributed by atoms with van der Waals surface area (Å²) in [6.07, 6.45) is 0. The third-order valence-electron chi connectivity index (χ3n) is 2.23. The van der Waals surface area contributed by atoms with Gasteiger partial charge >= 0.3 is 0 Å². The second kappa shape index (κ2) is 7.15. The van der Waals surface area contributed by atoms with Crippen molar-refractivity contribution in [1.29, 1.82) is 0 Å². The van der Waals surface area contributed by atoms with E-state index in [-0.39, 0.29) is 0 Å². The number of ether oxygens (including phenoxy) is 1. The minimum atomic E-state index is 0.802. The molecule has 6 heteroatoms. The lowest BCUT2D eigenvalue weighted by Crippen LogP contribution is -2.14. The van der Waals surface area contributed by atoms with Gasteiger partial charge in [0.25, 0.3) is 0 Å². The van der Waals surface area contributed by atoms with Gasteiger partial charge in [0.2, 0.25) is 0 Å². The summed E-state index contributed by atoms with van der Waals surface area (Å²) in [6.45, 7) is 5.82. The molecule has 0 heterocycles. The molecule has 0 saturated carbocycles. The fourth-order valence-electron chi connectivity index (χ4n) is 1.21. The highest BCUT2D eigenvalue weighted by molar-refractivity contribution is 14.1. The lowest BCUT2D eigenvalue weighted by molar-refractivity contribution is 0.300. The van der Waals surface area contributed by atoms with Gasteiger partial charge < -0.3 is 4.74 Å². The Morgan fingerprint density at radius 2 is 2.00 bits per heavy atom. The zero-order valence-corrected chi connectivity index (χ0v) is 13.8. The van der Waals surface area contributed by atoms with Crippen LogP contribution in [0.5, 0.6) is 5.75 Å². The van der Waals surface area contributed by atoms with Crippen molar-refractivity contribution in [3.63, 3.8) is 0 Å². The molecule has 17 heavy (non-hydrogen) atoms.